The summed E-state index contributed by atoms with van der Waals surface area (Å²) in [5.41, 5.74) is 0.585. The van der Waals surface area contributed by atoms with Gasteiger partial charge in [-0.15, -0.1) is 5.10 Å². The van der Waals surface area contributed by atoms with E-state index in [0.717, 1.165) is 35.3 Å². The van der Waals surface area contributed by atoms with Crippen molar-refractivity contribution in [1.29, 1.82) is 0 Å². The number of hydrogen-bond acceptors (Lipinski definition) is 4. The van der Waals surface area contributed by atoms with E-state index in [4.69, 9.17) is 4.74 Å². The molecule has 4 rings (SSSR count). The average molecular weight is 377 g/mol. The summed E-state index contributed by atoms with van der Waals surface area (Å²) in [4.78, 5) is 14.8. The molecule has 0 saturated carbocycles. The molecule has 5 heteroatoms. The third kappa shape index (κ3) is 4.42. The zero-order valence-electron chi connectivity index (χ0n) is 16.4. The van der Waals surface area contributed by atoms with Crippen LogP contribution in [0.5, 0.6) is 5.88 Å². The fourth-order valence-corrected chi connectivity index (χ4v) is 3.72. The van der Waals surface area contributed by atoms with Crippen LogP contribution in [0.15, 0.2) is 59.4 Å². The maximum Gasteiger partial charge on any atom is 0.271 e. The van der Waals surface area contributed by atoms with Crippen LogP contribution in [0.25, 0.3) is 16.5 Å². The van der Waals surface area contributed by atoms with E-state index in [-0.39, 0.29) is 5.56 Å². The standard InChI is InChI=1S/C23H27N3O2/c1-18-11-14-25(15-12-18)13-4-16-28-22-9-10-23(27)26(24-22)21-8-7-19-5-2-3-6-20(19)17-21/h2-3,5-10,17-18H,4,11-16H2,1H3. The Labute approximate surface area is 165 Å². The molecule has 1 aromatic heterocycles. The van der Waals surface area contributed by atoms with Crippen molar-refractivity contribution in [3.05, 3.63) is 65.0 Å². The van der Waals surface area contributed by atoms with Gasteiger partial charge in [-0.25, -0.2) is 0 Å². The molecule has 0 amide bonds. The number of likely N-dealkylation sites (tertiary alicyclic amines) is 1. The van der Waals surface area contributed by atoms with Crippen molar-refractivity contribution in [2.24, 2.45) is 5.92 Å². The van der Waals surface area contributed by atoms with Gasteiger partial charge in [0.05, 0.1) is 12.3 Å². The van der Waals surface area contributed by atoms with Crippen molar-refractivity contribution >= 4 is 10.8 Å². The van der Waals surface area contributed by atoms with Crippen LogP contribution in [0.3, 0.4) is 0 Å². The Bertz CT molecular complexity index is 990. The smallest absolute Gasteiger partial charge is 0.271 e. The topological polar surface area (TPSA) is 47.4 Å². The maximum absolute atomic E-state index is 12.3. The summed E-state index contributed by atoms with van der Waals surface area (Å²) in [6, 6.07) is 17.2. The molecule has 3 aromatic rings. The monoisotopic (exact) mass is 377 g/mol. The normalized spacial score (nSPS) is 15.8. The first-order valence-electron chi connectivity index (χ1n) is 10.1. The number of rotatable bonds is 6. The quantitative estimate of drug-likeness (QED) is 0.612. The largest absolute Gasteiger partial charge is 0.477 e. The Morgan fingerprint density at radius 1 is 1.04 bits per heavy atom. The molecule has 1 saturated heterocycles. The summed E-state index contributed by atoms with van der Waals surface area (Å²) in [5, 5.41) is 6.63. The zero-order valence-corrected chi connectivity index (χ0v) is 16.4. The van der Waals surface area contributed by atoms with Gasteiger partial charge in [0.25, 0.3) is 5.56 Å². The second-order valence-corrected chi connectivity index (χ2v) is 7.68. The number of aromatic nitrogens is 2. The van der Waals surface area contributed by atoms with E-state index in [9.17, 15) is 4.79 Å². The average Bonchev–Trinajstić information content (AvgIpc) is 2.73. The third-order valence-electron chi connectivity index (χ3n) is 5.50. The summed E-state index contributed by atoms with van der Waals surface area (Å²) < 4.78 is 7.24. The van der Waals surface area contributed by atoms with Crippen LogP contribution in [0, 0.1) is 5.92 Å². The van der Waals surface area contributed by atoms with Crippen LogP contribution in [0.2, 0.25) is 0 Å². The van der Waals surface area contributed by atoms with Gasteiger partial charge < -0.3 is 9.64 Å². The Balaban J connectivity index is 1.40. The molecule has 2 heterocycles. The second kappa shape index (κ2) is 8.57. The highest BCUT2D eigenvalue weighted by molar-refractivity contribution is 5.84. The van der Waals surface area contributed by atoms with Crippen molar-refractivity contribution in [3.8, 4) is 11.6 Å². The highest BCUT2D eigenvalue weighted by Gasteiger charge is 2.15. The Morgan fingerprint density at radius 3 is 2.64 bits per heavy atom. The van der Waals surface area contributed by atoms with Crippen molar-refractivity contribution in [3.63, 3.8) is 0 Å². The molecule has 0 spiro atoms. The van der Waals surface area contributed by atoms with Gasteiger partial charge in [0.1, 0.15) is 0 Å². The lowest BCUT2D eigenvalue weighted by Crippen LogP contribution is -2.34. The van der Waals surface area contributed by atoms with Gasteiger partial charge in [-0.2, -0.15) is 4.68 Å². The summed E-state index contributed by atoms with van der Waals surface area (Å²) in [6.07, 6.45) is 3.55. The van der Waals surface area contributed by atoms with Crippen LogP contribution in [-0.2, 0) is 0 Å². The van der Waals surface area contributed by atoms with Crippen molar-refractivity contribution in [2.45, 2.75) is 26.2 Å². The molecule has 1 fully saturated rings. The molecular weight excluding hydrogens is 350 g/mol. The van der Waals surface area contributed by atoms with E-state index >= 15 is 0 Å². The molecule has 146 valence electrons. The van der Waals surface area contributed by atoms with E-state index in [2.05, 4.69) is 23.0 Å². The molecule has 0 bridgehead atoms. The van der Waals surface area contributed by atoms with Crippen LogP contribution in [-0.4, -0.2) is 40.9 Å². The van der Waals surface area contributed by atoms with Crippen LogP contribution < -0.4 is 10.3 Å². The predicted molar refractivity (Wildman–Crippen MR) is 112 cm³/mol. The van der Waals surface area contributed by atoms with E-state index < -0.39 is 0 Å². The predicted octanol–water partition coefficient (Wildman–Crippen LogP) is 3.89. The van der Waals surface area contributed by atoms with E-state index in [1.54, 1.807) is 6.07 Å². The fourth-order valence-electron chi connectivity index (χ4n) is 3.72. The lowest BCUT2D eigenvalue weighted by molar-refractivity contribution is 0.176. The molecule has 0 radical (unpaired) electrons. The van der Waals surface area contributed by atoms with Gasteiger partial charge in [-0.3, -0.25) is 4.79 Å². The van der Waals surface area contributed by atoms with Crippen molar-refractivity contribution in [2.75, 3.05) is 26.2 Å². The summed E-state index contributed by atoms with van der Waals surface area (Å²) in [7, 11) is 0. The first-order chi connectivity index (χ1) is 13.7. The molecule has 0 atom stereocenters. The minimum Gasteiger partial charge on any atom is -0.477 e. The molecular formula is C23H27N3O2. The van der Waals surface area contributed by atoms with E-state index in [1.165, 1.54) is 36.7 Å². The van der Waals surface area contributed by atoms with Gasteiger partial charge in [-0.1, -0.05) is 37.3 Å². The van der Waals surface area contributed by atoms with E-state index in [0.29, 0.717) is 12.5 Å². The van der Waals surface area contributed by atoms with Crippen molar-refractivity contribution < 1.29 is 4.74 Å². The van der Waals surface area contributed by atoms with Gasteiger partial charge in [0.2, 0.25) is 5.88 Å². The summed E-state index contributed by atoms with van der Waals surface area (Å²) in [5.74, 6) is 1.34. The molecule has 1 aliphatic heterocycles. The van der Waals surface area contributed by atoms with E-state index in [1.807, 2.05) is 36.4 Å². The highest BCUT2D eigenvalue weighted by Crippen LogP contribution is 2.18. The summed E-state index contributed by atoms with van der Waals surface area (Å²) >= 11 is 0. The molecule has 0 aliphatic carbocycles. The Kier molecular flexibility index (Phi) is 5.72. The zero-order chi connectivity index (χ0) is 19.3. The number of ether oxygens (including phenoxy) is 1. The number of benzene rings is 2. The highest BCUT2D eigenvalue weighted by atomic mass is 16.5. The van der Waals surface area contributed by atoms with Gasteiger partial charge in [-0.05, 0) is 61.2 Å². The number of fused-ring (bicyclic) bond motifs is 1. The number of piperidine rings is 1. The van der Waals surface area contributed by atoms with Crippen LogP contribution in [0.4, 0.5) is 0 Å². The molecule has 0 N–H and O–H groups in total. The minimum atomic E-state index is -0.162. The van der Waals surface area contributed by atoms with Crippen LogP contribution in [0.1, 0.15) is 26.2 Å². The second-order valence-electron chi connectivity index (χ2n) is 7.68. The van der Waals surface area contributed by atoms with Gasteiger partial charge >= 0.3 is 0 Å². The Morgan fingerprint density at radius 2 is 1.82 bits per heavy atom. The molecule has 28 heavy (non-hydrogen) atoms. The maximum atomic E-state index is 12.3. The number of nitrogens with zero attached hydrogens (tertiary/aromatic N) is 3. The SMILES string of the molecule is CC1CCN(CCCOc2ccc(=O)n(-c3ccc4ccccc4c3)n2)CC1. The lowest BCUT2D eigenvalue weighted by atomic mass is 9.99. The fraction of sp³-hybridized carbons (Fsp3) is 0.391. The first-order valence-corrected chi connectivity index (χ1v) is 10.1. The Hall–Kier alpha value is -2.66. The van der Waals surface area contributed by atoms with Crippen molar-refractivity contribution in [1.82, 2.24) is 14.7 Å². The van der Waals surface area contributed by atoms with Gasteiger partial charge in [0, 0.05) is 18.7 Å². The van der Waals surface area contributed by atoms with Crippen LogP contribution >= 0.6 is 0 Å². The number of hydrogen-bond donors (Lipinski definition) is 0. The van der Waals surface area contributed by atoms with Gasteiger partial charge in [0.15, 0.2) is 0 Å². The molecule has 5 nitrogen and oxygen atoms in total. The molecule has 1 aliphatic rings. The first kappa shape index (κ1) is 18.7. The third-order valence-corrected chi connectivity index (χ3v) is 5.50. The summed E-state index contributed by atoms with van der Waals surface area (Å²) in [6.45, 7) is 6.36. The molecule has 0 unspecified atom stereocenters. The lowest BCUT2D eigenvalue weighted by Gasteiger charge is -2.29. The minimum absolute atomic E-state index is 0.162. The molecule has 2 aromatic carbocycles.